The molecule has 0 atom stereocenters. The summed E-state index contributed by atoms with van der Waals surface area (Å²) >= 11 is 0. The summed E-state index contributed by atoms with van der Waals surface area (Å²) < 4.78 is 4.71. The average molecular weight is 300 g/mol. The minimum Gasteiger partial charge on any atom is -0.478 e. The molecule has 3 amide bonds. The van der Waals surface area contributed by atoms with Crippen molar-refractivity contribution in [3.05, 3.63) is 11.1 Å². The second-order valence-electron chi connectivity index (χ2n) is 4.13. The highest BCUT2D eigenvalue weighted by Crippen LogP contribution is 2.04. The first-order valence-corrected chi connectivity index (χ1v) is 6.41. The molecule has 21 heavy (non-hydrogen) atoms. The van der Waals surface area contributed by atoms with Crippen molar-refractivity contribution < 1.29 is 29.0 Å². The lowest BCUT2D eigenvalue weighted by atomic mass is 10.1. The van der Waals surface area contributed by atoms with Gasteiger partial charge in [0.2, 0.25) is 0 Å². The summed E-state index contributed by atoms with van der Waals surface area (Å²) in [7, 11) is 0. The van der Waals surface area contributed by atoms with E-state index in [4.69, 9.17) is 9.84 Å². The van der Waals surface area contributed by atoms with Crippen LogP contribution in [0.2, 0.25) is 0 Å². The molecule has 0 spiro atoms. The number of hydrogen-bond donors (Lipinski definition) is 2. The third-order valence-electron chi connectivity index (χ3n) is 2.74. The molecular weight excluding hydrogens is 280 g/mol. The van der Waals surface area contributed by atoms with Crippen LogP contribution in [0.4, 0.5) is 4.79 Å². The summed E-state index contributed by atoms with van der Waals surface area (Å²) in [4.78, 5) is 46.7. The molecule has 0 rings (SSSR count). The number of imide groups is 1. The predicted molar refractivity (Wildman–Crippen MR) is 73.4 cm³/mol. The zero-order valence-electron chi connectivity index (χ0n) is 12.6. The molecule has 0 aromatic carbocycles. The van der Waals surface area contributed by atoms with Crippen molar-refractivity contribution in [2.24, 2.45) is 0 Å². The first-order valence-electron chi connectivity index (χ1n) is 6.41. The van der Waals surface area contributed by atoms with E-state index < -0.39 is 23.9 Å². The molecule has 0 saturated carbocycles. The number of hydrogen-bond acceptors (Lipinski definition) is 5. The lowest BCUT2D eigenvalue weighted by molar-refractivity contribution is -0.143. The van der Waals surface area contributed by atoms with Crippen LogP contribution in [0.1, 0.15) is 27.7 Å². The van der Waals surface area contributed by atoms with Crippen molar-refractivity contribution in [1.29, 1.82) is 0 Å². The number of aliphatic carboxylic acids is 1. The maximum Gasteiger partial charge on any atom is 0.331 e. The second kappa shape index (κ2) is 8.72. The van der Waals surface area contributed by atoms with Gasteiger partial charge in [0.25, 0.3) is 5.91 Å². The van der Waals surface area contributed by atoms with Gasteiger partial charge in [-0.25, -0.2) is 9.59 Å². The van der Waals surface area contributed by atoms with Crippen molar-refractivity contribution in [2.75, 3.05) is 19.7 Å². The van der Waals surface area contributed by atoms with Crippen molar-refractivity contribution in [2.45, 2.75) is 27.7 Å². The Morgan fingerprint density at radius 2 is 1.67 bits per heavy atom. The van der Waals surface area contributed by atoms with Gasteiger partial charge in [-0.15, -0.1) is 0 Å². The van der Waals surface area contributed by atoms with Crippen LogP contribution in [0, 0.1) is 0 Å². The summed E-state index contributed by atoms with van der Waals surface area (Å²) in [5, 5.41) is 10.8. The van der Waals surface area contributed by atoms with Gasteiger partial charge >= 0.3 is 18.0 Å². The summed E-state index contributed by atoms with van der Waals surface area (Å²) in [6.45, 7) is 5.93. The lowest BCUT2D eigenvalue weighted by Crippen LogP contribution is -2.45. The third-order valence-corrected chi connectivity index (χ3v) is 2.74. The molecule has 118 valence electrons. The van der Waals surface area contributed by atoms with Crippen molar-refractivity contribution in [1.82, 2.24) is 10.2 Å². The highest BCUT2D eigenvalue weighted by molar-refractivity contribution is 6.07. The Labute approximate surface area is 122 Å². The average Bonchev–Trinajstić information content (AvgIpc) is 2.42. The number of esters is 1. The number of carbonyl (C=O) groups excluding carboxylic acids is 3. The number of carboxylic acids is 1. The lowest BCUT2D eigenvalue weighted by Gasteiger charge is -2.19. The van der Waals surface area contributed by atoms with Crippen LogP contribution in [0.25, 0.3) is 0 Å². The van der Waals surface area contributed by atoms with Gasteiger partial charge in [0.05, 0.1) is 6.61 Å². The highest BCUT2D eigenvalue weighted by atomic mass is 16.5. The quantitative estimate of drug-likeness (QED) is 0.546. The van der Waals surface area contributed by atoms with Gasteiger partial charge in [0.1, 0.15) is 6.54 Å². The van der Waals surface area contributed by atoms with E-state index in [0.717, 1.165) is 4.90 Å². The molecule has 8 nitrogen and oxygen atoms in total. The second-order valence-corrected chi connectivity index (χ2v) is 4.13. The monoisotopic (exact) mass is 300 g/mol. The van der Waals surface area contributed by atoms with Crippen LogP contribution in [-0.4, -0.2) is 53.6 Å². The molecule has 2 N–H and O–H groups in total. The van der Waals surface area contributed by atoms with E-state index in [1.807, 2.05) is 5.32 Å². The van der Waals surface area contributed by atoms with Crippen LogP contribution >= 0.6 is 0 Å². The Morgan fingerprint density at radius 1 is 1.10 bits per heavy atom. The minimum atomic E-state index is -1.24. The highest BCUT2D eigenvalue weighted by Gasteiger charge is 2.20. The van der Waals surface area contributed by atoms with E-state index in [1.54, 1.807) is 13.8 Å². The molecule has 0 heterocycles. The molecule has 0 saturated heterocycles. The Kier molecular flexibility index (Phi) is 7.74. The van der Waals surface area contributed by atoms with Gasteiger partial charge in [-0.3, -0.25) is 14.9 Å². The number of nitrogens with zero attached hydrogens (tertiary/aromatic N) is 1. The Morgan fingerprint density at radius 3 is 2.10 bits per heavy atom. The Bertz CT molecular complexity index is 469. The molecule has 0 unspecified atom stereocenters. The smallest absolute Gasteiger partial charge is 0.331 e. The molecule has 8 heteroatoms. The van der Waals surface area contributed by atoms with Gasteiger partial charge in [0.15, 0.2) is 0 Å². The molecule has 0 radical (unpaired) electrons. The normalized spacial score (nSPS) is 11.2. The number of ether oxygens (including phenoxy) is 1. The topological polar surface area (TPSA) is 113 Å². The maximum absolute atomic E-state index is 11.8. The number of carbonyl (C=O) groups is 4. The summed E-state index contributed by atoms with van der Waals surface area (Å²) in [5.41, 5.74) is -0.239. The SMILES string of the molecule is CCOC(=O)CN(CC)C(=O)NC(=O)C(C)=C(C)C(=O)O. The van der Waals surface area contributed by atoms with Crippen LogP contribution in [0.5, 0.6) is 0 Å². The van der Waals surface area contributed by atoms with E-state index in [0.29, 0.717) is 0 Å². The van der Waals surface area contributed by atoms with E-state index in [1.165, 1.54) is 13.8 Å². The zero-order valence-corrected chi connectivity index (χ0v) is 12.6. The Hall–Kier alpha value is -2.38. The standard InChI is InChI=1S/C13H20N2O6/c1-5-15(7-10(16)21-6-2)13(20)14-11(17)8(3)9(4)12(18)19/h5-7H2,1-4H3,(H,18,19)(H,14,17,20). The zero-order chi connectivity index (χ0) is 16.6. The number of likely N-dealkylation sites (N-methyl/N-ethyl adjacent to an activating group) is 1. The van der Waals surface area contributed by atoms with Crippen LogP contribution in [0.3, 0.4) is 0 Å². The van der Waals surface area contributed by atoms with Gasteiger partial charge in [-0.1, -0.05) is 0 Å². The number of rotatable bonds is 6. The largest absolute Gasteiger partial charge is 0.478 e. The fourth-order valence-corrected chi connectivity index (χ4v) is 1.29. The van der Waals surface area contributed by atoms with Crippen LogP contribution in [-0.2, 0) is 19.1 Å². The first kappa shape index (κ1) is 18.6. The van der Waals surface area contributed by atoms with Crippen molar-refractivity contribution in [3.63, 3.8) is 0 Å². The molecule has 0 aliphatic rings. The third kappa shape index (κ3) is 6.07. The van der Waals surface area contributed by atoms with Gasteiger partial charge < -0.3 is 14.7 Å². The number of nitrogens with one attached hydrogen (secondary N) is 1. The Balaban J connectivity index is 4.79. The fourth-order valence-electron chi connectivity index (χ4n) is 1.29. The van der Waals surface area contributed by atoms with Crippen molar-refractivity contribution in [3.8, 4) is 0 Å². The molecule has 0 aromatic rings. The molecule has 0 aliphatic heterocycles. The molecule has 0 fully saturated rings. The van der Waals surface area contributed by atoms with Crippen molar-refractivity contribution >= 4 is 23.9 Å². The van der Waals surface area contributed by atoms with Crippen LogP contribution < -0.4 is 5.32 Å². The molecular formula is C13H20N2O6. The molecule has 0 aromatic heterocycles. The van der Waals surface area contributed by atoms with Gasteiger partial charge in [0, 0.05) is 17.7 Å². The van der Waals surface area contributed by atoms with E-state index in [-0.39, 0.29) is 30.8 Å². The number of urea groups is 1. The van der Waals surface area contributed by atoms with Gasteiger partial charge in [-0.05, 0) is 27.7 Å². The molecule has 0 bridgehead atoms. The first-order chi connectivity index (χ1) is 9.74. The summed E-state index contributed by atoms with van der Waals surface area (Å²) in [5.74, 6) is -2.65. The number of carboxylic acid groups (broad SMARTS) is 1. The summed E-state index contributed by atoms with van der Waals surface area (Å²) in [6, 6.07) is -0.784. The van der Waals surface area contributed by atoms with E-state index in [9.17, 15) is 19.2 Å². The van der Waals surface area contributed by atoms with Crippen LogP contribution in [0.15, 0.2) is 11.1 Å². The van der Waals surface area contributed by atoms with E-state index in [2.05, 4.69) is 0 Å². The maximum atomic E-state index is 11.8. The predicted octanol–water partition coefficient (Wildman–Crippen LogP) is 0.529. The van der Waals surface area contributed by atoms with Gasteiger partial charge in [-0.2, -0.15) is 0 Å². The molecule has 0 aliphatic carbocycles. The number of amides is 3. The fraction of sp³-hybridized carbons (Fsp3) is 0.538. The minimum absolute atomic E-state index is 0.0805. The summed E-state index contributed by atoms with van der Waals surface area (Å²) in [6.07, 6.45) is 0. The van der Waals surface area contributed by atoms with E-state index >= 15 is 0 Å².